The van der Waals surface area contributed by atoms with E-state index in [0.717, 1.165) is 0 Å². The second kappa shape index (κ2) is 14.3. The van der Waals surface area contributed by atoms with Crippen molar-refractivity contribution in [3.8, 4) is 0 Å². The van der Waals surface area contributed by atoms with Gasteiger partial charge in [-0.3, -0.25) is 19.9 Å². The summed E-state index contributed by atoms with van der Waals surface area (Å²) >= 11 is 0. The molecule has 0 spiro atoms. The van der Waals surface area contributed by atoms with Crippen LogP contribution in [-0.2, 0) is 0 Å². The molecule has 4 heteroatoms. The van der Waals surface area contributed by atoms with E-state index in [9.17, 15) is 0 Å². The summed E-state index contributed by atoms with van der Waals surface area (Å²) in [7, 11) is 0. The van der Waals surface area contributed by atoms with Gasteiger partial charge in [-0.15, -0.1) is 0 Å². The summed E-state index contributed by atoms with van der Waals surface area (Å²) in [6.45, 7) is 0. The van der Waals surface area contributed by atoms with E-state index in [1.54, 1.807) is 73.8 Å². The summed E-state index contributed by atoms with van der Waals surface area (Å²) in [4.78, 5) is 16.3. The fourth-order valence-electron chi connectivity index (χ4n) is 1.12. The monoisotopic (exact) mass is 290 g/mol. The van der Waals surface area contributed by atoms with Gasteiger partial charge in [0.05, 0.1) is 0 Å². The number of aromatic nitrogens is 4. The topological polar surface area (TPSA) is 51.6 Å². The van der Waals surface area contributed by atoms with E-state index < -0.39 is 0 Å². The molecule has 0 aliphatic heterocycles. The lowest BCUT2D eigenvalue weighted by molar-refractivity contribution is 1.32. The zero-order chi connectivity index (χ0) is 15.6. The largest absolute Gasteiger partial charge is 0.265 e. The molecule has 4 nitrogen and oxygen atoms in total. The maximum absolute atomic E-state index is 4.07. The molecule has 0 unspecified atom stereocenters. The molecule has 0 aliphatic carbocycles. The number of hydrogen-bond acceptors (Lipinski definition) is 4. The predicted octanol–water partition coefficient (Wildman–Crippen LogP) is 3.76. The third-order valence-corrected chi connectivity index (χ3v) is 2.04. The first-order chi connectivity index (χ1) is 11.0. The summed E-state index contributed by atoms with van der Waals surface area (Å²) in [5.74, 6) is 0. The van der Waals surface area contributed by atoms with Crippen molar-refractivity contribution in [1.29, 1.82) is 0 Å². The van der Waals surface area contributed by atoms with E-state index in [-0.39, 0.29) is 0 Å². The highest BCUT2D eigenvalue weighted by Gasteiger charge is 1.60. The average molecular weight is 290 g/mol. The molecule has 0 fully saturated rings. The van der Waals surface area contributed by atoms with Crippen LogP contribution in [0.4, 0.5) is 0 Å². The molecule has 0 radical (unpaired) electrons. The normalized spacial score (nSPS) is 8.00. The van der Waals surface area contributed by atoms with Gasteiger partial charge >= 0.3 is 0 Å². The quantitative estimate of drug-likeness (QED) is 0.730. The van der Waals surface area contributed by atoms with Crippen LogP contribution >= 0.6 is 0 Å². The number of nitrogens with zero attached hydrogens (tertiary/aromatic N) is 4. The summed E-state index contributed by atoms with van der Waals surface area (Å²) in [5.41, 5.74) is 0. The molecule has 0 bridgehead atoms. The number of hydrogen-bond donors (Lipinski definition) is 0. The smallest absolute Gasteiger partial charge is 0.0268 e. The Hall–Kier alpha value is -3.14. The molecule has 1 aromatic rings. The van der Waals surface area contributed by atoms with Crippen LogP contribution in [0, 0.1) is 0 Å². The molecule has 0 saturated carbocycles. The minimum absolute atomic E-state index is 1.69. The van der Waals surface area contributed by atoms with Crippen molar-refractivity contribution < 1.29 is 0 Å². The van der Waals surface area contributed by atoms with Crippen molar-refractivity contribution in [2.45, 2.75) is 0 Å². The van der Waals surface area contributed by atoms with Crippen molar-refractivity contribution in [3.63, 3.8) is 0 Å². The van der Waals surface area contributed by atoms with Crippen LogP contribution in [-0.4, -0.2) is 19.9 Å². The second-order valence-corrected chi connectivity index (χ2v) is 3.71. The highest BCUT2D eigenvalue weighted by atomic mass is 14.6. The van der Waals surface area contributed by atoms with E-state index >= 15 is 0 Å². The van der Waals surface area contributed by atoms with Gasteiger partial charge in [0, 0.05) is 49.6 Å². The van der Waals surface area contributed by atoms with E-state index in [2.05, 4.69) is 19.9 Å². The Balaban J connectivity index is 3.00. The zero-order valence-electron chi connectivity index (χ0n) is 12.2. The first-order valence-electron chi connectivity index (χ1n) is 6.73. The van der Waals surface area contributed by atoms with Gasteiger partial charge in [-0.2, -0.15) is 0 Å². The van der Waals surface area contributed by atoms with Gasteiger partial charge in [0.1, 0.15) is 0 Å². The average Bonchev–Trinajstić information content (AvgIpc) is 2.53. The Morgan fingerprint density at radius 2 is 0.409 bits per heavy atom. The molecular formula is C18H18N4. The molecule has 0 saturated heterocycles. The van der Waals surface area contributed by atoms with Gasteiger partial charge in [-0.05, 0) is 48.5 Å². The van der Waals surface area contributed by atoms with Crippen LogP contribution in [0.2, 0.25) is 0 Å². The standard InChI is InChI=1S/C18H18N4/c1-3-11-19-15-7-9-17-21-13-5-2-6-14-22-18-10-8-16-20-12-4-1/h1-18H. The van der Waals surface area contributed by atoms with Gasteiger partial charge in [-0.1, -0.05) is 12.1 Å². The lowest BCUT2D eigenvalue weighted by Gasteiger charge is -1.70. The SMILES string of the molecule is c1ccnccccncccccnccccncc1. The van der Waals surface area contributed by atoms with Gasteiger partial charge in [0.2, 0.25) is 0 Å². The van der Waals surface area contributed by atoms with Crippen molar-refractivity contribution in [2.75, 3.05) is 0 Å². The minimum Gasteiger partial charge on any atom is -0.265 e. The predicted molar refractivity (Wildman–Crippen MR) is 88.1 cm³/mol. The fourth-order valence-corrected chi connectivity index (χ4v) is 1.12. The third kappa shape index (κ3) is 11.9. The fraction of sp³-hybridized carbons (Fsp3) is 0. The lowest BCUT2D eigenvalue weighted by atomic mass is 10.5. The zero-order valence-corrected chi connectivity index (χ0v) is 12.2. The Morgan fingerprint density at radius 1 is 0.227 bits per heavy atom. The summed E-state index contributed by atoms with van der Waals surface area (Å²) in [6, 6.07) is 18.2. The maximum atomic E-state index is 4.07. The van der Waals surface area contributed by atoms with Gasteiger partial charge < -0.3 is 0 Å². The lowest BCUT2D eigenvalue weighted by Crippen LogP contribution is -1.59. The van der Waals surface area contributed by atoms with Crippen LogP contribution in [0.3, 0.4) is 0 Å². The van der Waals surface area contributed by atoms with Gasteiger partial charge in [-0.25, -0.2) is 0 Å². The van der Waals surface area contributed by atoms with E-state index in [4.69, 9.17) is 0 Å². The minimum atomic E-state index is 1.69. The Kier molecular flexibility index (Phi) is 11.0. The van der Waals surface area contributed by atoms with Crippen LogP contribution in [0.25, 0.3) is 0 Å². The summed E-state index contributed by atoms with van der Waals surface area (Å²) in [6.07, 6.45) is 13.5. The molecule has 1 rings (SSSR count). The van der Waals surface area contributed by atoms with Crippen molar-refractivity contribution >= 4 is 0 Å². The van der Waals surface area contributed by atoms with Crippen LogP contribution in [0.1, 0.15) is 0 Å². The first-order valence-corrected chi connectivity index (χ1v) is 6.73. The summed E-state index contributed by atoms with van der Waals surface area (Å²) < 4.78 is 0. The molecule has 0 N–H and O–H groups in total. The molecule has 1 heterocycles. The van der Waals surface area contributed by atoms with Crippen LogP contribution in [0.15, 0.2) is 110 Å². The van der Waals surface area contributed by atoms with Crippen molar-refractivity contribution in [1.82, 2.24) is 19.9 Å². The second-order valence-electron chi connectivity index (χ2n) is 3.71. The van der Waals surface area contributed by atoms with Crippen molar-refractivity contribution in [2.24, 2.45) is 0 Å². The molecule has 110 valence electrons. The van der Waals surface area contributed by atoms with Crippen LogP contribution < -0.4 is 0 Å². The van der Waals surface area contributed by atoms with E-state index in [1.165, 1.54) is 0 Å². The molecule has 0 atom stereocenters. The highest BCUT2D eigenvalue weighted by Crippen LogP contribution is 1.74. The molecule has 0 aromatic carbocycles. The summed E-state index contributed by atoms with van der Waals surface area (Å²) in [5, 5.41) is 0. The molecule has 0 aliphatic rings. The van der Waals surface area contributed by atoms with Gasteiger partial charge in [0.25, 0.3) is 0 Å². The Morgan fingerprint density at radius 3 is 0.636 bits per heavy atom. The molecular weight excluding hydrogens is 272 g/mol. The molecule has 22 heavy (non-hydrogen) atoms. The van der Waals surface area contributed by atoms with Crippen LogP contribution in [0.5, 0.6) is 0 Å². The number of rotatable bonds is 0. The van der Waals surface area contributed by atoms with Gasteiger partial charge in [0.15, 0.2) is 0 Å². The van der Waals surface area contributed by atoms with E-state index in [1.807, 2.05) is 36.4 Å². The third-order valence-electron chi connectivity index (χ3n) is 2.04. The Labute approximate surface area is 130 Å². The van der Waals surface area contributed by atoms with E-state index in [0.29, 0.717) is 0 Å². The Bertz CT molecular complexity index is 387. The first kappa shape index (κ1) is 16.9. The maximum Gasteiger partial charge on any atom is 0.0268 e. The molecule has 0 amide bonds. The highest BCUT2D eigenvalue weighted by molar-refractivity contribution is 4.88. The molecule has 1 aromatic heterocycles. The van der Waals surface area contributed by atoms with Crippen molar-refractivity contribution in [3.05, 3.63) is 110 Å².